The Bertz CT molecular complexity index is 1450. The van der Waals surface area contributed by atoms with Gasteiger partial charge in [-0.05, 0) is 87.6 Å². The van der Waals surface area contributed by atoms with Crippen LogP contribution in [0.5, 0.6) is 23.0 Å². The number of alkyl halides is 6. The van der Waals surface area contributed by atoms with E-state index in [4.69, 9.17) is 9.47 Å². The lowest BCUT2D eigenvalue weighted by Crippen LogP contribution is -2.07. The molecular weight excluding hydrogens is 548 g/mol. The molecule has 0 aliphatic heterocycles. The van der Waals surface area contributed by atoms with Gasteiger partial charge in [-0.15, -0.1) is 0 Å². The number of hydrogen-bond acceptors (Lipinski definition) is 4. The average Bonchev–Trinajstić information content (AvgIpc) is 2.91. The van der Waals surface area contributed by atoms with Crippen molar-refractivity contribution in [3.8, 4) is 23.0 Å². The molecule has 41 heavy (non-hydrogen) atoms. The van der Waals surface area contributed by atoms with Crippen LogP contribution >= 0.6 is 0 Å². The van der Waals surface area contributed by atoms with Crippen molar-refractivity contribution in [1.82, 2.24) is 5.32 Å². The Hall–Kier alpha value is -4.31. The first kappa shape index (κ1) is 31.2. The van der Waals surface area contributed by atoms with Gasteiger partial charge >= 0.3 is 12.4 Å². The standard InChI is InChI=1S/C16H16F3NO.C15H11F3O2/c1-11-3-8-15(12(9-11)10-20-2)21-14-6-4-13(5-7-14)16(17,18)19;1-10-2-7-14(11(8-10)9-19)20-13-5-3-12(4-6-13)15(16,17)18/h3-9,20H,10H2,1-2H3;2-9H,1H3. The number of aldehydes is 1. The monoisotopic (exact) mass is 575 g/mol. The molecule has 0 bridgehead atoms. The molecule has 0 saturated heterocycles. The van der Waals surface area contributed by atoms with Crippen molar-refractivity contribution in [1.29, 1.82) is 0 Å². The quantitative estimate of drug-likeness (QED) is 0.176. The zero-order valence-electron chi connectivity index (χ0n) is 22.4. The summed E-state index contributed by atoms with van der Waals surface area (Å²) in [5.74, 6) is 1.56. The number of halogens is 6. The number of benzene rings is 4. The minimum absolute atomic E-state index is 0.241. The average molecular weight is 576 g/mol. The smallest absolute Gasteiger partial charge is 0.416 e. The van der Waals surface area contributed by atoms with E-state index in [-0.39, 0.29) is 5.75 Å². The Labute approximate surface area is 233 Å². The SMILES string of the molecule is CNCc1cc(C)ccc1Oc1ccc(C(F)(F)F)cc1.Cc1ccc(Oc2ccc(C(F)(F)F)cc2)c(C=O)c1. The molecule has 0 aliphatic rings. The van der Waals surface area contributed by atoms with E-state index in [9.17, 15) is 31.1 Å². The Kier molecular flexibility index (Phi) is 10.2. The molecule has 4 rings (SSSR count). The predicted molar refractivity (Wildman–Crippen MR) is 144 cm³/mol. The molecule has 0 amide bonds. The summed E-state index contributed by atoms with van der Waals surface area (Å²) in [4.78, 5) is 10.9. The molecule has 0 heterocycles. The van der Waals surface area contributed by atoms with Gasteiger partial charge in [-0.3, -0.25) is 4.79 Å². The first-order valence-corrected chi connectivity index (χ1v) is 12.3. The number of carbonyl (C=O) groups excluding carboxylic acids is 1. The summed E-state index contributed by atoms with van der Waals surface area (Å²) < 4.78 is 85.9. The van der Waals surface area contributed by atoms with E-state index < -0.39 is 23.5 Å². The summed E-state index contributed by atoms with van der Waals surface area (Å²) in [6, 6.07) is 19.7. The predicted octanol–water partition coefficient (Wildman–Crippen LogP) is 9.14. The summed E-state index contributed by atoms with van der Waals surface area (Å²) in [7, 11) is 1.82. The molecule has 0 atom stereocenters. The van der Waals surface area contributed by atoms with Crippen molar-refractivity contribution in [2.75, 3.05) is 7.05 Å². The van der Waals surface area contributed by atoms with Crippen LogP contribution in [0.3, 0.4) is 0 Å². The van der Waals surface area contributed by atoms with E-state index in [1.165, 1.54) is 24.3 Å². The fourth-order valence-electron chi connectivity index (χ4n) is 3.67. The second-order valence-electron chi connectivity index (χ2n) is 9.05. The lowest BCUT2D eigenvalue weighted by molar-refractivity contribution is -0.138. The molecule has 0 spiro atoms. The van der Waals surface area contributed by atoms with Crippen LogP contribution in [-0.4, -0.2) is 13.3 Å². The van der Waals surface area contributed by atoms with Gasteiger partial charge in [-0.1, -0.05) is 29.3 Å². The fraction of sp³-hybridized carbons (Fsp3) is 0.194. The van der Waals surface area contributed by atoms with Gasteiger partial charge in [0.25, 0.3) is 0 Å². The van der Waals surface area contributed by atoms with Crippen LogP contribution in [-0.2, 0) is 18.9 Å². The lowest BCUT2D eigenvalue weighted by atomic mass is 10.1. The van der Waals surface area contributed by atoms with E-state index in [2.05, 4.69) is 5.32 Å². The van der Waals surface area contributed by atoms with Crippen LogP contribution in [0, 0.1) is 13.8 Å². The summed E-state index contributed by atoms with van der Waals surface area (Å²) >= 11 is 0. The molecule has 1 N–H and O–H groups in total. The highest BCUT2D eigenvalue weighted by atomic mass is 19.4. The Morgan fingerprint density at radius 2 is 1.10 bits per heavy atom. The number of nitrogens with one attached hydrogen (secondary N) is 1. The molecule has 4 nitrogen and oxygen atoms in total. The molecule has 0 aliphatic carbocycles. The topological polar surface area (TPSA) is 47.6 Å². The summed E-state index contributed by atoms with van der Waals surface area (Å²) in [5, 5.41) is 3.04. The Balaban J connectivity index is 0.000000226. The van der Waals surface area contributed by atoms with Crippen molar-refractivity contribution < 1.29 is 40.6 Å². The third kappa shape index (κ3) is 9.11. The highest BCUT2D eigenvalue weighted by Crippen LogP contribution is 2.33. The maximum Gasteiger partial charge on any atom is 0.416 e. The van der Waals surface area contributed by atoms with Gasteiger partial charge in [0.15, 0.2) is 6.29 Å². The molecule has 4 aromatic rings. The summed E-state index contributed by atoms with van der Waals surface area (Å²) in [6.07, 6.45) is -8.07. The second kappa shape index (κ2) is 13.4. The van der Waals surface area contributed by atoms with Gasteiger partial charge in [0.1, 0.15) is 23.0 Å². The van der Waals surface area contributed by atoms with E-state index in [1.54, 1.807) is 18.2 Å². The minimum Gasteiger partial charge on any atom is -0.457 e. The van der Waals surface area contributed by atoms with Gasteiger partial charge in [0.2, 0.25) is 0 Å². The third-order valence-corrected chi connectivity index (χ3v) is 5.69. The number of ether oxygens (including phenoxy) is 2. The molecule has 10 heteroatoms. The first-order valence-electron chi connectivity index (χ1n) is 12.3. The zero-order valence-corrected chi connectivity index (χ0v) is 22.4. The zero-order chi connectivity index (χ0) is 30.2. The molecule has 216 valence electrons. The van der Waals surface area contributed by atoms with Crippen LogP contribution in [0.2, 0.25) is 0 Å². The molecule has 4 aromatic carbocycles. The van der Waals surface area contributed by atoms with E-state index in [1.807, 2.05) is 39.1 Å². The van der Waals surface area contributed by atoms with Crippen molar-refractivity contribution in [2.45, 2.75) is 32.7 Å². The van der Waals surface area contributed by atoms with Crippen molar-refractivity contribution in [2.24, 2.45) is 0 Å². The minimum atomic E-state index is -4.38. The number of rotatable bonds is 7. The van der Waals surface area contributed by atoms with Gasteiger partial charge in [0.05, 0.1) is 16.7 Å². The molecule has 0 fully saturated rings. The molecule has 0 saturated carbocycles. The van der Waals surface area contributed by atoms with E-state index in [0.717, 1.165) is 41.0 Å². The van der Waals surface area contributed by atoms with Gasteiger partial charge in [-0.25, -0.2) is 0 Å². The summed E-state index contributed by atoms with van der Waals surface area (Å²) in [5.41, 5.74) is 1.87. The third-order valence-electron chi connectivity index (χ3n) is 5.69. The molecule has 0 unspecified atom stereocenters. The van der Waals surface area contributed by atoms with Crippen LogP contribution in [0.15, 0.2) is 84.9 Å². The highest BCUT2D eigenvalue weighted by molar-refractivity contribution is 5.79. The van der Waals surface area contributed by atoms with Crippen LogP contribution in [0.4, 0.5) is 26.3 Å². The number of carbonyl (C=O) groups is 1. The Morgan fingerprint density at radius 1 is 0.659 bits per heavy atom. The van der Waals surface area contributed by atoms with Crippen molar-refractivity contribution in [3.05, 3.63) is 118 Å². The van der Waals surface area contributed by atoms with Crippen LogP contribution in [0.1, 0.15) is 38.2 Å². The van der Waals surface area contributed by atoms with Gasteiger partial charge in [-0.2, -0.15) is 26.3 Å². The normalized spacial score (nSPS) is 11.3. The van der Waals surface area contributed by atoms with Crippen molar-refractivity contribution >= 4 is 6.29 Å². The van der Waals surface area contributed by atoms with E-state index in [0.29, 0.717) is 35.6 Å². The maximum atomic E-state index is 12.5. The molecule has 0 aromatic heterocycles. The Morgan fingerprint density at radius 3 is 1.54 bits per heavy atom. The number of aryl methyl sites for hydroxylation is 2. The maximum absolute atomic E-state index is 12.5. The van der Waals surface area contributed by atoms with Gasteiger partial charge < -0.3 is 14.8 Å². The largest absolute Gasteiger partial charge is 0.457 e. The van der Waals surface area contributed by atoms with Crippen LogP contribution in [0.25, 0.3) is 0 Å². The fourth-order valence-corrected chi connectivity index (χ4v) is 3.67. The summed E-state index contributed by atoms with van der Waals surface area (Å²) in [6.45, 7) is 4.42. The highest BCUT2D eigenvalue weighted by Gasteiger charge is 2.30. The lowest BCUT2D eigenvalue weighted by Gasteiger charge is -2.13. The van der Waals surface area contributed by atoms with Crippen molar-refractivity contribution in [3.63, 3.8) is 0 Å². The van der Waals surface area contributed by atoms with Gasteiger partial charge in [0, 0.05) is 12.1 Å². The second-order valence-corrected chi connectivity index (χ2v) is 9.05. The first-order chi connectivity index (χ1) is 19.3. The molecular formula is C31H27F6NO3. The molecule has 0 radical (unpaired) electrons. The number of hydrogen-bond donors (Lipinski definition) is 1. The van der Waals surface area contributed by atoms with E-state index >= 15 is 0 Å². The van der Waals surface area contributed by atoms with Crippen LogP contribution < -0.4 is 14.8 Å².